The minimum atomic E-state index is -1.08. The Morgan fingerprint density at radius 2 is 1.94 bits per heavy atom. The summed E-state index contributed by atoms with van der Waals surface area (Å²) >= 11 is 1.40. The minimum Gasteiger partial charge on any atom is -0.497 e. The van der Waals surface area contributed by atoms with E-state index >= 15 is 0 Å². The standard InChI is InChI=1S/C27H28FNO5S/c1-34-20-6-4-5-18(13-20)23(30)16-35-24-11-12-29(15-19(24)14-25(31)32)26(27(33)17-9-10-17)21-7-2-3-8-22(21)28/h2-8,13-14,17,24,26H,9-12,15-16H2,1H3,(H,31,32)/b19-14-. The van der Waals surface area contributed by atoms with Gasteiger partial charge in [0.2, 0.25) is 0 Å². The number of nitrogens with zero attached hydrogens (tertiary/aromatic N) is 1. The highest BCUT2D eigenvalue weighted by atomic mass is 32.2. The molecule has 0 spiro atoms. The fourth-order valence-electron chi connectivity index (χ4n) is 4.47. The van der Waals surface area contributed by atoms with Crippen molar-refractivity contribution in [3.05, 3.63) is 77.1 Å². The second-order valence-electron chi connectivity index (χ2n) is 8.87. The van der Waals surface area contributed by atoms with E-state index < -0.39 is 17.8 Å². The maximum Gasteiger partial charge on any atom is 0.328 e. The van der Waals surface area contributed by atoms with E-state index in [1.54, 1.807) is 42.5 Å². The smallest absolute Gasteiger partial charge is 0.328 e. The number of hydrogen-bond donors (Lipinski definition) is 1. The van der Waals surface area contributed by atoms with Crippen LogP contribution in [-0.2, 0) is 9.59 Å². The molecule has 6 nitrogen and oxygen atoms in total. The number of likely N-dealkylation sites (tertiary alicyclic amines) is 1. The van der Waals surface area contributed by atoms with Gasteiger partial charge in [0, 0.05) is 41.5 Å². The van der Waals surface area contributed by atoms with E-state index in [-0.39, 0.29) is 35.0 Å². The fourth-order valence-corrected chi connectivity index (χ4v) is 5.61. The summed E-state index contributed by atoms with van der Waals surface area (Å²) in [5, 5.41) is 9.29. The Kier molecular flexibility index (Phi) is 8.03. The van der Waals surface area contributed by atoms with E-state index in [1.807, 2.05) is 4.90 Å². The van der Waals surface area contributed by atoms with Crippen LogP contribution in [0.25, 0.3) is 0 Å². The number of hydrogen-bond acceptors (Lipinski definition) is 6. The maximum absolute atomic E-state index is 14.7. The van der Waals surface area contributed by atoms with E-state index in [1.165, 1.54) is 31.0 Å². The van der Waals surface area contributed by atoms with E-state index in [4.69, 9.17) is 4.74 Å². The van der Waals surface area contributed by atoms with Crippen molar-refractivity contribution in [1.82, 2.24) is 4.90 Å². The van der Waals surface area contributed by atoms with Gasteiger partial charge in [0.05, 0.1) is 18.9 Å². The van der Waals surface area contributed by atoms with Crippen LogP contribution in [0.2, 0.25) is 0 Å². The molecule has 35 heavy (non-hydrogen) atoms. The van der Waals surface area contributed by atoms with Gasteiger partial charge in [-0.2, -0.15) is 0 Å². The number of piperidine rings is 1. The molecule has 1 saturated heterocycles. The zero-order chi connectivity index (χ0) is 24.9. The molecule has 1 aliphatic carbocycles. The van der Waals surface area contributed by atoms with Crippen molar-refractivity contribution in [2.24, 2.45) is 5.92 Å². The Labute approximate surface area is 208 Å². The third kappa shape index (κ3) is 6.18. The van der Waals surface area contributed by atoms with Gasteiger partial charge >= 0.3 is 5.97 Å². The maximum atomic E-state index is 14.7. The molecule has 2 aromatic rings. The van der Waals surface area contributed by atoms with E-state index in [9.17, 15) is 23.9 Å². The van der Waals surface area contributed by atoms with Crippen molar-refractivity contribution in [3.8, 4) is 5.75 Å². The Morgan fingerprint density at radius 3 is 2.63 bits per heavy atom. The van der Waals surface area contributed by atoms with Gasteiger partial charge in [-0.15, -0.1) is 11.8 Å². The predicted octanol–water partition coefficient (Wildman–Crippen LogP) is 4.56. The van der Waals surface area contributed by atoms with Gasteiger partial charge in [0.1, 0.15) is 11.6 Å². The van der Waals surface area contributed by atoms with Gasteiger partial charge in [-0.05, 0) is 43.0 Å². The molecule has 2 atom stereocenters. The fraction of sp³-hybridized carbons (Fsp3) is 0.370. The molecule has 1 N–H and O–H groups in total. The van der Waals surface area contributed by atoms with Gasteiger partial charge in [-0.3, -0.25) is 14.5 Å². The molecule has 8 heteroatoms. The van der Waals surface area contributed by atoms with E-state index in [2.05, 4.69) is 0 Å². The lowest BCUT2D eigenvalue weighted by atomic mass is 9.93. The third-order valence-corrected chi connectivity index (χ3v) is 7.78. The van der Waals surface area contributed by atoms with E-state index in [0.29, 0.717) is 35.4 Å². The Balaban J connectivity index is 1.51. The number of Topliss-reactive ketones (excluding diaryl/α,β-unsaturated/α-hetero) is 2. The summed E-state index contributed by atoms with van der Waals surface area (Å²) < 4.78 is 19.9. The summed E-state index contributed by atoms with van der Waals surface area (Å²) in [6, 6.07) is 12.5. The molecule has 2 aromatic carbocycles. The van der Waals surface area contributed by atoms with Gasteiger partial charge in [-0.25, -0.2) is 9.18 Å². The van der Waals surface area contributed by atoms with Crippen molar-refractivity contribution in [1.29, 1.82) is 0 Å². The van der Waals surface area contributed by atoms with Crippen LogP contribution in [0.4, 0.5) is 4.39 Å². The molecule has 0 bridgehead atoms. The second-order valence-corrected chi connectivity index (χ2v) is 10.1. The first-order valence-electron chi connectivity index (χ1n) is 11.6. The highest BCUT2D eigenvalue weighted by Gasteiger charge is 2.41. The van der Waals surface area contributed by atoms with Gasteiger partial charge in [-0.1, -0.05) is 30.3 Å². The quantitative estimate of drug-likeness (QED) is 0.381. The number of ketones is 2. The lowest BCUT2D eigenvalue weighted by Crippen LogP contribution is -2.43. The molecule has 184 valence electrons. The lowest BCUT2D eigenvalue weighted by Gasteiger charge is -2.38. The van der Waals surface area contributed by atoms with Crippen LogP contribution in [0, 0.1) is 11.7 Å². The van der Waals surface area contributed by atoms with Crippen LogP contribution in [0.5, 0.6) is 5.75 Å². The summed E-state index contributed by atoms with van der Waals surface area (Å²) in [6.45, 7) is 0.730. The largest absolute Gasteiger partial charge is 0.497 e. The number of carboxylic acids is 1. The zero-order valence-corrected chi connectivity index (χ0v) is 20.3. The predicted molar refractivity (Wildman–Crippen MR) is 132 cm³/mol. The lowest BCUT2D eigenvalue weighted by molar-refractivity contribution is -0.131. The summed E-state index contributed by atoms with van der Waals surface area (Å²) in [5.41, 5.74) is 1.49. The van der Waals surface area contributed by atoms with Crippen LogP contribution in [-0.4, -0.2) is 58.7 Å². The Morgan fingerprint density at radius 1 is 1.17 bits per heavy atom. The number of rotatable bonds is 10. The van der Waals surface area contributed by atoms with Gasteiger partial charge in [0.15, 0.2) is 11.6 Å². The first-order chi connectivity index (χ1) is 16.9. The van der Waals surface area contributed by atoms with E-state index in [0.717, 1.165) is 12.8 Å². The molecule has 0 amide bonds. The minimum absolute atomic E-state index is 0.0101. The first kappa shape index (κ1) is 25.1. The molecule has 2 unspecified atom stereocenters. The highest BCUT2D eigenvalue weighted by molar-refractivity contribution is 8.00. The molecule has 1 heterocycles. The number of thioether (sulfide) groups is 1. The number of carbonyl (C=O) groups excluding carboxylic acids is 2. The van der Waals surface area contributed by atoms with Crippen molar-refractivity contribution < 1.29 is 28.6 Å². The average molecular weight is 498 g/mol. The third-order valence-electron chi connectivity index (χ3n) is 6.41. The second kappa shape index (κ2) is 11.2. The van der Waals surface area contributed by atoms with Crippen LogP contribution < -0.4 is 4.74 Å². The van der Waals surface area contributed by atoms with Crippen molar-refractivity contribution in [2.75, 3.05) is 26.0 Å². The molecule has 1 aliphatic heterocycles. The normalized spacial score (nSPS) is 20.4. The number of carbonyl (C=O) groups is 3. The zero-order valence-electron chi connectivity index (χ0n) is 19.5. The number of methoxy groups -OCH3 is 1. The molecular weight excluding hydrogens is 469 g/mol. The van der Waals surface area contributed by atoms with Crippen LogP contribution in [0.3, 0.4) is 0 Å². The summed E-state index contributed by atoms with van der Waals surface area (Å²) in [6.07, 6.45) is 3.33. The first-order valence-corrected chi connectivity index (χ1v) is 12.7. The summed E-state index contributed by atoms with van der Waals surface area (Å²) in [4.78, 5) is 39.4. The SMILES string of the molecule is COc1cccc(C(=O)CSC2CCN(C(C(=O)C3CC3)c3ccccc3F)C/C2=C/C(=O)O)c1. The molecule has 4 rings (SSSR count). The van der Waals surface area contributed by atoms with Crippen LogP contribution in [0.1, 0.15) is 41.2 Å². The number of benzene rings is 2. The molecule has 2 aliphatic rings. The van der Waals surface area contributed by atoms with Crippen molar-refractivity contribution in [3.63, 3.8) is 0 Å². The Hall–Kier alpha value is -2.97. The topological polar surface area (TPSA) is 83.9 Å². The van der Waals surface area contributed by atoms with Crippen LogP contribution >= 0.6 is 11.8 Å². The van der Waals surface area contributed by atoms with Crippen LogP contribution in [0.15, 0.2) is 60.2 Å². The summed E-state index contributed by atoms with van der Waals surface area (Å²) in [5.74, 6) is -0.882. The Bertz CT molecular complexity index is 1150. The highest BCUT2D eigenvalue weighted by Crippen LogP contribution is 2.40. The number of carboxylic acid groups (broad SMARTS) is 1. The average Bonchev–Trinajstić information content (AvgIpc) is 3.70. The van der Waals surface area contributed by atoms with Gasteiger partial charge < -0.3 is 9.84 Å². The number of ether oxygens (including phenoxy) is 1. The number of aliphatic carboxylic acids is 1. The molecule has 2 fully saturated rings. The molecular formula is C27H28FNO5S. The van der Waals surface area contributed by atoms with Gasteiger partial charge in [0.25, 0.3) is 0 Å². The monoisotopic (exact) mass is 497 g/mol. The molecule has 1 saturated carbocycles. The number of halogens is 1. The molecule has 0 radical (unpaired) electrons. The van der Waals surface area contributed by atoms with Crippen molar-refractivity contribution in [2.45, 2.75) is 30.6 Å². The van der Waals surface area contributed by atoms with Crippen molar-refractivity contribution >= 4 is 29.3 Å². The molecule has 0 aromatic heterocycles. The summed E-state index contributed by atoms with van der Waals surface area (Å²) in [7, 11) is 1.54.